The van der Waals surface area contributed by atoms with E-state index in [1.54, 1.807) is 19.2 Å². The Labute approximate surface area is 148 Å². The molecule has 0 unspecified atom stereocenters. The number of allylic oxidation sites excluding steroid dienone is 2. The first-order chi connectivity index (χ1) is 12.1. The molecule has 134 valence electrons. The molecule has 25 heavy (non-hydrogen) atoms. The van der Waals surface area contributed by atoms with E-state index in [0.717, 1.165) is 5.56 Å². The topological polar surface area (TPSA) is 93.5 Å². The minimum absolute atomic E-state index is 0.226. The standard InChI is InChI=1S/C19H25N3O3/c1-21-18(23)16(11-12-20)10-6-7-13-22-17(19(24)25-2)14-15-8-4-3-5-9-15/h3-12,17,22H,13-14,20H2,1-2H3,(H,21,23)/b7-6+,12-11+,16-10+/t17-/m0/s1. The summed E-state index contributed by atoms with van der Waals surface area (Å²) < 4.78 is 4.84. The Bertz CT molecular complexity index is 637. The van der Waals surface area contributed by atoms with Crippen LogP contribution in [0.3, 0.4) is 0 Å². The molecule has 0 aromatic heterocycles. The summed E-state index contributed by atoms with van der Waals surface area (Å²) >= 11 is 0. The van der Waals surface area contributed by atoms with Crippen LogP contribution in [0.4, 0.5) is 0 Å². The number of amides is 1. The number of methoxy groups -OCH3 is 1. The second-order valence-corrected chi connectivity index (χ2v) is 5.16. The average molecular weight is 343 g/mol. The van der Waals surface area contributed by atoms with Gasteiger partial charge in [0.25, 0.3) is 5.91 Å². The second kappa shape index (κ2) is 11.6. The maximum absolute atomic E-state index is 11.9. The molecule has 1 atom stereocenters. The van der Waals surface area contributed by atoms with Gasteiger partial charge in [0.05, 0.1) is 7.11 Å². The predicted molar refractivity (Wildman–Crippen MR) is 98.6 cm³/mol. The molecule has 6 heteroatoms. The molecule has 0 heterocycles. The third-order valence-corrected chi connectivity index (χ3v) is 3.43. The van der Waals surface area contributed by atoms with Crippen molar-refractivity contribution < 1.29 is 14.3 Å². The number of carbonyl (C=O) groups excluding carboxylic acids is 2. The quantitative estimate of drug-likeness (QED) is 0.354. The normalized spacial score (nSPS) is 13.1. The van der Waals surface area contributed by atoms with Crippen LogP contribution in [0.5, 0.6) is 0 Å². The predicted octanol–water partition coefficient (Wildman–Crippen LogP) is 1.06. The van der Waals surface area contributed by atoms with Crippen molar-refractivity contribution in [3.63, 3.8) is 0 Å². The van der Waals surface area contributed by atoms with Crippen molar-refractivity contribution in [2.75, 3.05) is 20.7 Å². The third-order valence-electron chi connectivity index (χ3n) is 3.43. The van der Waals surface area contributed by atoms with Gasteiger partial charge in [0.1, 0.15) is 6.04 Å². The molecule has 1 aromatic carbocycles. The Balaban J connectivity index is 2.64. The number of carbonyl (C=O) groups is 2. The summed E-state index contributed by atoms with van der Waals surface area (Å²) in [6.45, 7) is 0.455. The highest BCUT2D eigenvalue weighted by molar-refractivity contribution is 5.96. The van der Waals surface area contributed by atoms with Crippen LogP contribution in [0, 0.1) is 0 Å². The molecule has 0 spiro atoms. The first-order valence-corrected chi connectivity index (χ1v) is 7.94. The molecule has 0 saturated carbocycles. The molecule has 0 aliphatic heterocycles. The van der Waals surface area contributed by atoms with Crippen molar-refractivity contribution in [3.8, 4) is 0 Å². The second-order valence-electron chi connectivity index (χ2n) is 5.16. The fourth-order valence-electron chi connectivity index (χ4n) is 2.14. The average Bonchev–Trinajstić information content (AvgIpc) is 2.65. The smallest absolute Gasteiger partial charge is 0.323 e. The maximum atomic E-state index is 11.9. The van der Waals surface area contributed by atoms with E-state index in [1.165, 1.54) is 19.4 Å². The van der Waals surface area contributed by atoms with Crippen LogP contribution in [0.15, 0.2) is 66.4 Å². The van der Waals surface area contributed by atoms with Gasteiger partial charge in [-0.25, -0.2) is 0 Å². The molecule has 0 fully saturated rings. The third kappa shape index (κ3) is 7.50. The molecular weight excluding hydrogens is 318 g/mol. The van der Waals surface area contributed by atoms with Crippen LogP contribution < -0.4 is 16.4 Å². The molecule has 1 amide bonds. The molecule has 1 rings (SSSR count). The van der Waals surface area contributed by atoms with Crippen molar-refractivity contribution in [1.82, 2.24) is 10.6 Å². The first kappa shape index (κ1) is 20.2. The minimum atomic E-state index is -0.441. The van der Waals surface area contributed by atoms with E-state index in [1.807, 2.05) is 36.4 Å². The highest BCUT2D eigenvalue weighted by Gasteiger charge is 2.18. The van der Waals surface area contributed by atoms with Gasteiger partial charge in [-0.15, -0.1) is 0 Å². The summed E-state index contributed by atoms with van der Waals surface area (Å²) in [5, 5.41) is 5.67. The van der Waals surface area contributed by atoms with Crippen molar-refractivity contribution >= 4 is 11.9 Å². The zero-order valence-electron chi connectivity index (χ0n) is 14.6. The summed E-state index contributed by atoms with van der Waals surface area (Å²) in [5.41, 5.74) is 6.81. The van der Waals surface area contributed by atoms with Crippen LogP contribution in [0.1, 0.15) is 5.56 Å². The van der Waals surface area contributed by atoms with Gasteiger partial charge in [0.15, 0.2) is 0 Å². The van der Waals surface area contributed by atoms with Crippen molar-refractivity contribution in [2.24, 2.45) is 5.73 Å². The van der Waals surface area contributed by atoms with Crippen LogP contribution in [0.2, 0.25) is 0 Å². The van der Waals surface area contributed by atoms with Crippen LogP contribution >= 0.6 is 0 Å². The van der Waals surface area contributed by atoms with Crippen LogP contribution in [-0.4, -0.2) is 38.6 Å². The summed E-state index contributed by atoms with van der Waals surface area (Å²) in [5.74, 6) is -0.541. The molecular formula is C19H25N3O3. The van der Waals surface area contributed by atoms with E-state index >= 15 is 0 Å². The number of benzene rings is 1. The molecule has 4 N–H and O–H groups in total. The molecule has 0 radical (unpaired) electrons. The van der Waals surface area contributed by atoms with Gasteiger partial charge in [0.2, 0.25) is 0 Å². The zero-order valence-corrected chi connectivity index (χ0v) is 14.6. The van der Waals surface area contributed by atoms with Gasteiger partial charge in [-0.1, -0.05) is 42.5 Å². The van der Waals surface area contributed by atoms with Crippen molar-refractivity contribution in [1.29, 1.82) is 0 Å². The van der Waals surface area contributed by atoms with Gasteiger partial charge in [-0.2, -0.15) is 0 Å². The number of hydrogen-bond donors (Lipinski definition) is 3. The molecule has 0 aliphatic carbocycles. The lowest BCUT2D eigenvalue weighted by Gasteiger charge is -2.15. The van der Waals surface area contributed by atoms with Gasteiger partial charge < -0.3 is 21.1 Å². The monoisotopic (exact) mass is 343 g/mol. The van der Waals surface area contributed by atoms with Crippen molar-refractivity contribution in [2.45, 2.75) is 12.5 Å². The van der Waals surface area contributed by atoms with E-state index in [2.05, 4.69) is 10.6 Å². The first-order valence-electron chi connectivity index (χ1n) is 7.94. The largest absolute Gasteiger partial charge is 0.468 e. The molecule has 6 nitrogen and oxygen atoms in total. The number of esters is 1. The van der Waals surface area contributed by atoms with E-state index in [9.17, 15) is 9.59 Å². The Hall–Kier alpha value is -2.86. The molecule has 1 aromatic rings. The number of nitrogens with one attached hydrogen (secondary N) is 2. The summed E-state index contributed by atoms with van der Waals surface area (Å²) in [6, 6.07) is 9.28. The Morgan fingerprint density at radius 2 is 2.00 bits per heavy atom. The van der Waals surface area contributed by atoms with Gasteiger partial charge >= 0.3 is 5.97 Å². The summed E-state index contributed by atoms with van der Waals surface area (Å²) in [6.07, 6.45) is 8.55. The highest BCUT2D eigenvalue weighted by atomic mass is 16.5. The summed E-state index contributed by atoms with van der Waals surface area (Å²) in [4.78, 5) is 23.5. The molecule has 0 saturated heterocycles. The van der Waals surface area contributed by atoms with Crippen molar-refractivity contribution in [3.05, 3.63) is 72.0 Å². The minimum Gasteiger partial charge on any atom is -0.468 e. The maximum Gasteiger partial charge on any atom is 0.323 e. The Kier molecular flexibility index (Phi) is 9.40. The van der Waals surface area contributed by atoms with E-state index in [4.69, 9.17) is 10.5 Å². The lowest BCUT2D eigenvalue weighted by Crippen LogP contribution is -2.39. The fraction of sp³-hybridized carbons (Fsp3) is 0.263. The summed E-state index contributed by atoms with van der Waals surface area (Å²) in [7, 11) is 2.92. The molecule has 0 aliphatic rings. The SMILES string of the molecule is CNC(=O)C(/C=C/N)=C/C=C/CN[C@@H](Cc1ccccc1)C(=O)OC. The van der Waals surface area contributed by atoms with Gasteiger partial charge in [-0.05, 0) is 30.3 Å². The zero-order chi connectivity index (χ0) is 18.5. The van der Waals surface area contributed by atoms with E-state index < -0.39 is 6.04 Å². The lowest BCUT2D eigenvalue weighted by atomic mass is 10.1. The lowest BCUT2D eigenvalue weighted by molar-refractivity contribution is -0.143. The van der Waals surface area contributed by atoms with Crippen LogP contribution in [-0.2, 0) is 20.7 Å². The van der Waals surface area contributed by atoms with E-state index in [-0.39, 0.29) is 11.9 Å². The number of likely N-dealkylation sites (N-methyl/N-ethyl adjacent to an activating group) is 1. The Morgan fingerprint density at radius 1 is 1.28 bits per heavy atom. The fourth-order valence-corrected chi connectivity index (χ4v) is 2.14. The van der Waals surface area contributed by atoms with Crippen LogP contribution in [0.25, 0.3) is 0 Å². The number of ether oxygens (including phenoxy) is 1. The number of nitrogens with two attached hydrogens (primary N) is 1. The highest BCUT2D eigenvalue weighted by Crippen LogP contribution is 2.04. The number of hydrogen-bond acceptors (Lipinski definition) is 5. The Morgan fingerprint density at radius 3 is 2.60 bits per heavy atom. The van der Waals surface area contributed by atoms with Gasteiger partial charge in [-0.3, -0.25) is 9.59 Å². The van der Waals surface area contributed by atoms with Gasteiger partial charge in [0, 0.05) is 19.2 Å². The van der Waals surface area contributed by atoms with E-state index in [0.29, 0.717) is 18.5 Å². The number of rotatable bonds is 9. The molecule has 0 bridgehead atoms.